The van der Waals surface area contributed by atoms with Crippen LogP contribution in [0.2, 0.25) is 0 Å². The molecule has 2 aromatic rings. The van der Waals surface area contributed by atoms with Gasteiger partial charge in [-0.15, -0.1) is 0 Å². The molecule has 0 saturated carbocycles. The molecule has 0 spiro atoms. The first-order valence-electron chi connectivity index (χ1n) is 4.23. The Balaban J connectivity index is 2.84. The second-order valence-corrected chi connectivity index (χ2v) is 4.00. The zero-order chi connectivity index (χ0) is 10.1. The highest BCUT2D eigenvalue weighted by molar-refractivity contribution is 9.10. The van der Waals surface area contributed by atoms with Gasteiger partial charge >= 0.3 is 0 Å². The van der Waals surface area contributed by atoms with Crippen molar-refractivity contribution in [3.05, 3.63) is 40.5 Å². The maximum atomic E-state index is 11.3. The van der Waals surface area contributed by atoms with Crippen LogP contribution in [0, 0.1) is 0 Å². The summed E-state index contributed by atoms with van der Waals surface area (Å²) in [5.74, 6) is 0.0653. The Morgan fingerprint density at radius 2 is 2.21 bits per heavy atom. The highest BCUT2D eigenvalue weighted by atomic mass is 79.9. The van der Waals surface area contributed by atoms with Crippen LogP contribution >= 0.6 is 15.9 Å². The van der Waals surface area contributed by atoms with Crippen molar-refractivity contribution < 1.29 is 4.79 Å². The van der Waals surface area contributed by atoms with Gasteiger partial charge in [-0.05, 0) is 35.0 Å². The Kier molecular flexibility index (Phi) is 2.33. The van der Waals surface area contributed by atoms with Crippen LogP contribution in [0.4, 0.5) is 0 Å². The fourth-order valence-corrected chi connectivity index (χ4v) is 1.76. The van der Waals surface area contributed by atoms with Crippen molar-refractivity contribution in [2.75, 3.05) is 0 Å². The van der Waals surface area contributed by atoms with Gasteiger partial charge in [-0.1, -0.05) is 12.1 Å². The second-order valence-electron chi connectivity index (χ2n) is 3.08. The van der Waals surface area contributed by atoms with E-state index in [0.717, 1.165) is 20.9 Å². The van der Waals surface area contributed by atoms with Crippen LogP contribution in [0.1, 0.15) is 17.3 Å². The van der Waals surface area contributed by atoms with E-state index in [1.54, 1.807) is 13.1 Å². The molecule has 1 heterocycles. The number of benzene rings is 1. The molecule has 0 amide bonds. The average Bonchev–Trinajstić information content (AvgIpc) is 2.16. The normalized spacial score (nSPS) is 10.4. The number of hydrogen-bond acceptors (Lipinski definition) is 2. The van der Waals surface area contributed by atoms with Gasteiger partial charge in [0.15, 0.2) is 5.78 Å². The summed E-state index contributed by atoms with van der Waals surface area (Å²) in [5, 5.41) is 0.898. The zero-order valence-electron chi connectivity index (χ0n) is 7.62. The highest BCUT2D eigenvalue weighted by Crippen LogP contribution is 2.21. The number of halogens is 1. The lowest BCUT2D eigenvalue weighted by Crippen LogP contribution is -1.94. The van der Waals surface area contributed by atoms with Crippen LogP contribution in [-0.4, -0.2) is 10.8 Å². The SMILES string of the molecule is CC(=O)c1cccc2ncc(Br)cc12. The molecular formula is C11H8BrNO. The molecule has 0 saturated heterocycles. The first-order valence-corrected chi connectivity index (χ1v) is 5.03. The third-order valence-electron chi connectivity index (χ3n) is 2.07. The highest BCUT2D eigenvalue weighted by Gasteiger charge is 2.05. The second kappa shape index (κ2) is 3.50. The van der Waals surface area contributed by atoms with E-state index in [-0.39, 0.29) is 5.78 Å². The van der Waals surface area contributed by atoms with E-state index in [1.807, 2.05) is 24.3 Å². The van der Waals surface area contributed by atoms with Crippen molar-refractivity contribution in [1.29, 1.82) is 0 Å². The molecule has 70 valence electrons. The van der Waals surface area contributed by atoms with Gasteiger partial charge in [0.05, 0.1) is 5.52 Å². The van der Waals surface area contributed by atoms with Gasteiger partial charge in [-0.2, -0.15) is 0 Å². The molecule has 0 atom stereocenters. The van der Waals surface area contributed by atoms with Gasteiger partial charge in [0.2, 0.25) is 0 Å². The van der Waals surface area contributed by atoms with Gasteiger partial charge in [0.1, 0.15) is 0 Å². The molecule has 0 aliphatic heterocycles. The summed E-state index contributed by atoms with van der Waals surface area (Å²) < 4.78 is 0.888. The number of hydrogen-bond donors (Lipinski definition) is 0. The van der Waals surface area contributed by atoms with Crippen LogP contribution in [0.15, 0.2) is 34.9 Å². The Morgan fingerprint density at radius 3 is 2.93 bits per heavy atom. The molecule has 0 fully saturated rings. The fourth-order valence-electron chi connectivity index (χ4n) is 1.43. The quantitative estimate of drug-likeness (QED) is 0.727. The maximum Gasteiger partial charge on any atom is 0.160 e. The monoisotopic (exact) mass is 249 g/mol. The number of carbonyl (C=O) groups is 1. The molecule has 0 radical (unpaired) electrons. The Morgan fingerprint density at radius 1 is 1.43 bits per heavy atom. The van der Waals surface area contributed by atoms with Crippen LogP contribution in [-0.2, 0) is 0 Å². The van der Waals surface area contributed by atoms with Gasteiger partial charge in [-0.3, -0.25) is 9.78 Å². The Hall–Kier alpha value is -1.22. The lowest BCUT2D eigenvalue weighted by atomic mass is 10.1. The summed E-state index contributed by atoms with van der Waals surface area (Å²) in [4.78, 5) is 15.6. The van der Waals surface area contributed by atoms with E-state index < -0.39 is 0 Å². The van der Waals surface area contributed by atoms with Crippen LogP contribution in [0.3, 0.4) is 0 Å². The van der Waals surface area contributed by atoms with Crippen LogP contribution < -0.4 is 0 Å². The van der Waals surface area contributed by atoms with Crippen molar-refractivity contribution >= 4 is 32.6 Å². The van der Waals surface area contributed by atoms with E-state index in [1.165, 1.54) is 0 Å². The average molecular weight is 250 g/mol. The largest absolute Gasteiger partial charge is 0.294 e. The van der Waals surface area contributed by atoms with Crippen molar-refractivity contribution in [2.24, 2.45) is 0 Å². The molecule has 14 heavy (non-hydrogen) atoms. The number of carbonyl (C=O) groups excluding carboxylic acids is 1. The minimum absolute atomic E-state index is 0.0653. The molecule has 2 rings (SSSR count). The van der Waals surface area contributed by atoms with E-state index in [4.69, 9.17) is 0 Å². The number of pyridine rings is 1. The van der Waals surface area contributed by atoms with E-state index in [0.29, 0.717) is 0 Å². The first kappa shape index (κ1) is 9.34. The number of aromatic nitrogens is 1. The van der Waals surface area contributed by atoms with Crippen molar-refractivity contribution in [2.45, 2.75) is 6.92 Å². The molecule has 0 bridgehead atoms. The number of ketones is 1. The maximum absolute atomic E-state index is 11.3. The topological polar surface area (TPSA) is 30.0 Å². The predicted octanol–water partition coefficient (Wildman–Crippen LogP) is 3.20. The van der Waals surface area contributed by atoms with Crippen molar-refractivity contribution in [3.8, 4) is 0 Å². The van der Waals surface area contributed by atoms with Crippen molar-refractivity contribution in [1.82, 2.24) is 4.98 Å². The first-order chi connectivity index (χ1) is 6.68. The molecule has 0 aliphatic carbocycles. The molecule has 0 aliphatic rings. The summed E-state index contributed by atoms with van der Waals surface area (Å²) in [6, 6.07) is 7.48. The smallest absolute Gasteiger partial charge is 0.160 e. The number of Topliss-reactive ketones (excluding diaryl/α,β-unsaturated/α-hetero) is 1. The lowest BCUT2D eigenvalue weighted by molar-refractivity contribution is 0.101. The van der Waals surface area contributed by atoms with Crippen molar-refractivity contribution in [3.63, 3.8) is 0 Å². The molecule has 2 nitrogen and oxygen atoms in total. The van der Waals surface area contributed by atoms with Gasteiger partial charge in [-0.25, -0.2) is 0 Å². The van der Waals surface area contributed by atoms with Gasteiger partial charge in [0.25, 0.3) is 0 Å². The summed E-state index contributed by atoms with van der Waals surface area (Å²) in [6.07, 6.45) is 1.73. The Bertz CT molecular complexity index is 508. The molecule has 0 unspecified atom stereocenters. The standard InChI is InChI=1S/C11H8BrNO/c1-7(14)9-3-2-4-11-10(9)5-8(12)6-13-11/h2-6H,1H3. The van der Waals surface area contributed by atoms with E-state index in [9.17, 15) is 4.79 Å². The summed E-state index contributed by atoms with van der Waals surface area (Å²) in [6.45, 7) is 1.57. The number of nitrogens with zero attached hydrogens (tertiary/aromatic N) is 1. The summed E-state index contributed by atoms with van der Waals surface area (Å²) in [5.41, 5.74) is 1.57. The lowest BCUT2D eigenvalue weighted by Gasteiger charge is -2.02. The number of fused-ring (bicyclic) bond motifs is 1. The number of rotatable bonds is 1. The van der Waals surface area contributed by atoms with E-state index >= 15 is 0 Å². The van der Waals surface area contributed by atoms with Gasteiger partial charge in [0, 0.05) is 21.6 Å². The molecule has 1 aromatic heterocycles. The molecule has 3 heteroatoms. The summed E-state index contributed by atoms with van der Waals surface area (Å²) in [7, 11) is 0. The van der Waals surface area contributed by atoms with Crippen LogP contribution in [0.25, 0.3) is 10.9 Å². The molecule has 1 aromatic carbocycles. The minimum Gasteiger partial charge on any atom is -0.294 e. The predicted molar refractivity (Wildman–Crippen MR) is 59.4 cm³/mol. The molecular weight excluding hydrogens is 242 g/mol. The third kappa shape index (κ3) is 1.55. The third-order valence-corrected chi connectivity index (χ3v) is 2.51. The summed E-state index contributed by atoms with van der Waals surface area (Å²) >= 11 is 3.34. The fraction of sp³-hybridized carbons (Fsp3) is 0.0909. The molecule has 0 N–H and O–H groups in total. The minimum atomic E-state index is 0.0653. The Labute approximate surface area is 90.1 Å². The zero-order valence-corrected chi connectivity index (χ0v) is 9.21. The van der Waals surface area contributed by atoms with Gasteiger partial charge < -0.3 is 0 Å². The van der Waals surface area contributed by atoms with E-state index in [2.05, 4.69) is 20.9 Å². The van der Waals surface area contributed by atoms with Crippen LogP contribution in [0.5, 0.6) is 0 Å².